The number of carboxylic acid groups (broad SMARTS) is 1. The predicted molar refractivity (Wildman–Crippen MR) is 40.5 cm³/mol. The summed E-state index contributed by atoms with van der Waals surface area (Å²) in [6, 6.07) is 0. The van der Waals surface area contributed by atoms with Gasteiger partial charge in [-0.15, -0.1) is 0 Å². The molecule has 3 N–H and O–H groups in total. The number of carbonyl (C=O) groups is 1. The van der Waals surface area contributed by atoms with Crippen LogP contribution in [0.25, 0.3) is 0 Å². The number of hydrogen-bond acceptors (Lipinski definition) is 4. The van der Waals surface area contributed by atoms with E-state index in [-0.39, 0.29) is 12.8 Å². The average molecular weight is 178 g/mol. The molecule has 0 amide bonds. The van der Waals surface area contributed by atoms with Crippen molar-refractivity contribution in [3.63, 3.8) is 0 Å². The number of aliphatic hydroxyl groups excluding tert-OH is 2. The normalized spacial score (nSPS) is 15.6. The van der Waals surface area contributed by atoms with E-state index in [1.807, 2.05) is 0 Å². The molecule has 72 valence electrons. The monoisotopic (exact) mass is 178 g/mol. The molecule has 0 saturated heterocycles. The van der Waals surface area contributed by atoms with Crippen molar-refractivity contribution in [2.45, 2.75) is 32.2 Å². The van der Waals surface area contributed by atoms with Crippen LogP contribution in [0, 0.1) is 0 Å². The molecule has 0 rings (SSSR count). The van der Waals surface area contributed by atoms with Crippen molar-refractivity contribution in [3.05, 3.63) is 0 Å². The van der Waals surface area contributed by atoms with Gasteiger partial charge in [-0.1, -0.05) is 0 Å². The van der Waals surface area contributed by atoms with E-state index in [9.17, 15) is 4.79 Å². The lowest BCUT2D eigenvalue weighted by Crippen LogP contribution is -2.22. The molecule has 0 bridgehead atoms. The van der Waals surface area contributed by atoms with Crippen LogP contribution in [0.1, 0.15) is 19.8 Å². The summed E-state index contributed by atoms with van der Waals surface area (Å²) in [6.07, 6.45) is -2.28. The Kier molecular flexibility index (Phi) is 5.61. The first kappa shape index (κ1) is 11.4. The summed E-state index contributed by atoms with van der Waals surface area (Å²) < 4.78 is 4.72. The fourth-order valence-corrected chi connectivity index (χ4v) is 0.700. The lowest BCUT2D eigenvalue weighted by Gasteiger charge is -2.11. The molecule has 0 spiro atoms. The van der Waals surface area contributed by atoms with Crippen LogP contribution in [0.2, 0.25) is 0 Å². The highest BCUT2D eigenvalue weighted by atomic mass is 16.6. The van der Waals surface area contributed by atoms with E-state index in [1.54, 1.807) is 6.92 Å². The molecule has 0 aliphatic rings. The zero-order valence-electron chi connectivity index (χ0n) is 6.93. The van der Waals surface area contributed by atoms with Gasteiger partial charge in [-0.25, -0.2) is 4.79 Å². The molecule has 0 saturated carbocycles. The zero-order chi connectivity index (χ0) is 9.56. The number of aliphatic carboxylic acids is 1. The maximum Gasteiger partial charge on any atom is 0.332 e. The molecule has 5 nitrogen and oxygen atoms in total. The highest BCUT2D eigenvalue weighted by Crippen LogP contribution is 2.02. The van der Waals surface area contributed by atoms with E-state index in [2.05, 4.69) is 0 Å². The second-order valence-corrected chi connectivity index (χ2v) is 2.34. The van der Waals surface area contributed by atoms with E-state index in [0.717, 1.165) is 0 Å². The highest BCUT2D eigenvalue weighted by molar-refractivity contribution is 5.71. The van der Waals surface area contributed by atoms with Crippen LogP contribution in [0.15, 0.2) is 0 Å². The van der Waals surface area contributed by atoms with Crippen molar-refractivity contribution in [2.75, 3.05) is 6.61 Å². The third-order valence-electron chi connectivity index (χ3n) is 1.33. The van der Waals surface area contributed by atoms with Crippen molar-refractivity contribution < 1.29 is 24.9 Å². The van der Waals surface area contributed by atoms with Crippen molar-refractivity contribution >= 4 is 5.97 Å². The molecular formula is C7H14O5. The molecule has 0 aliphatic heterocycles. The van der Waals surface area contributed by atoms with Gasteiger partial charge in [-0.05, 0) is 13.3 Å². The largest absolute Gasteiger partial charge is 0.479 e. The summed E-state index contributed by atoms with van der Waals surface area (Å²) in [5.74, 6) is -1.28. The Morgan fingerprint density at radius 2 is 2.00 bits per heavy atom. The van der Waals surface area contributed by atoms with Crippen LogP contribution in [-0.4, -0.2) is 40.3 Å². The van der Waals surface area contributed by atoms with E-state index in [4.69, 9.17) is 20.1 Å². The summed E-state index contributed by atoms with van der Waals surface area (Å²) in [7, 11) is 0. The van der Waals surface area contributed by atoms with E-state index < -0.39 is 18.4 Å². The molecule has 0 fully saturated rings. The third-order valence-corrected chi connectivity index (χ3v) is 1.33. The summed E-state index contributed by atoms with van der Waals surface area (Å²) in [5.41, 5.74) is 0. The van der Waals surface area contributed by atoms with E-state index in [1.165, 1.54) is 0 Å². The van der Waals surface area contributed by atoms with Gasteiger partial charge >= 0.3 is 5.97 Å². The maximum absolute atomic E-state index is 10.1. The molecule has 12 heavy (non-hydrogen) atoms. The fraction of sp³-hybridized carbons (Fsp3) is 0.857. The van der Waals surface area contributed by atoms with Crippen molar-refractivity contribution in [2.24, 2.45) is 0 Å². The lowest BCUT2D eigenvalue weighted by molar-refractivity contribution is -0.149. The SMILES string of the molecule is CCOC(O)CCC(O)C(=O)O. The molecule has 0 aromatic heterocycles. The lowest BCUT2D eigenvalue weighted by atomic mass is 10.2. The molecule has 0 radical (unpaired) electrons. The van der Waals surface area contributed by atoms with Gasteiger partial charge in [-0.3, -0.25) is 0 Å². The van der Waals surface area contributed by atoms with Gasteiger partial charge in [0.2, 0.25) is 0 Å². The Labute approximate surface area is 70.6 Å². The minimum atomic E-state index is -1.42. The van der Waals surface area contributed by atoms with Crippen molar-refractivity contribution in [1.29, 1.82) is 0 Å². The summed E-state index contributed by atoms with van der Waals surface area (Å²) in [6.45, 7) is 2.08. The number of ether oxygens (including phenoxy) is 1. The molecule has 2 atom stereocenters. The van der Waals surface area contributed by atoms with Crippen LogP contribution in [-0.2, 0) is 9.53 Å². The second kappa shape index (κ2) is 5.93. The van der Waals surface area contributed by atoms with Crippen LogP contribution >= 0.6 is 0 Å². The van der Waals surface area contributed by atoms with Gasteiger partial charge in [0.15, 0.2) is 12.4 Å². The zero-order valence-corrected chi connectivity index (χ0v) is 6.93. The minimum absolute atomic E-state index is 0.00347. The van der Waals surface area contributed by atoms with Gasteiger partial charge in [0.1, 0.15) is 0 Å². The second-order valence-electron chi connectivity index (χ2n) is 2.34. The first-order chi connectivity index (χ1) is 5.57. The maximum atomic E-state index is 10.1. The summed E-state index contributed by atoms with van der Waals surface area (Å²) in [5, 5.41) is 26.0. The molecule has 0 aliphatic carbocycles. The Hall–Kier alpha value is -0.650. The van der Waals surface area contributed by atoms with Crippen LogP contribution in [0.3, 0.4) is 0 Å². The van der Waals surface area contributed by atoms with Gasteiger partial charge < -0.3 is 20.1 Å². The highest BCUT2D eigenvalue weighted by Gasteiger charge is 2.14. The van der Waals surface area contributed by atoms with E-state index in [0.29, 0.717) is 6.61 Å². The Bertz CT molecular complexity index is 136. The van der Waals surface area contributed by atoms with E-state index >= 15 is 0 Å². The van der Waals surface area contributed by atoms with Gasteiger partial charge in [0, 0.05) is 13.0 Å². The molecule has 0 aromatic rings. The smallest absolute Gasteiger partial charge is 0.332 e. The first-order valence-electron chi connectivity index (χ1n) is 3.78. The Morgan fingerprint density at radius 1 is 1.42 bits per heavy atom. The molecule has 2 unspecified atom stereocenters. The number of carboxylic acids is 1. The molecule has 5 heteroatoms. The fourth-order valence-electron chi connectivity index (χ4n) is 0.700. The first-order valence-corrected chi connectivity index (χ1v) is 3.78. The summed E-state index contributed by atoms with van der Waals surface area (Å²) >= 11 is 0. The number of rotatable bonds is 6. The van der Waals surface area contributed by atoms with Gasteiger partial charge in [-0.2, -0.15) is 0 Å². The summed E-state index contributed by atoms with van der Waals surface area (Å²) in [4.78, 5) is 10.1. The van der Waals surface area contributed by atoms with Crippen LogP contribution in [0.5, 0.6) is 0 Å². The van der Waals surface area contributed by atoms with Gasteiger partial charge in [0.25, 0.3) is 0 Å². The average Bonchev–Trinajstić information content (AvgIpc) is 2.00. The topological polar surface area (TPSA) is 87.0 Å². The minimum Gasteiger partial charge on any atom is -0.479 e. The van der Waals surface area contributed by atoms with Gasteiger partial charge in [0.05, 0.1) is 0 Å². The van der Waals surface area contributed by atoms with Crippen molar-refractivity contribution in [3.8, 4) is 0 Å². The predicted octanol–water partition coefficient (Wildman–Crippen LogP) is -0.433. The quantitative estimate of drug-likeness (QED) is 0.480. The standard InChI is InChI=1S/C7H14O5/c1-2-12-6(9)4-3-5(8)7(10)11/h5-6,8-9H,2-4H2,1H3,(H,10,11). The number of aliphatic hydroxyl groups is 2. The van der Waals surface area contributed by atoms with Crippen LogP contribution < -0.4 is 0 Å². The third kappa shape index (κ3) is 5.06. The molecule has 0 heterocycles. The van der Waals surface area contributed by atoms with Crippen molar-refractivity contribution in [1.82, 2.24) is 0 Å². The molecular weight excluding hydrogens is 164 g/mol. The Morgan fingerprint density at radius 3 is 2.42 bits per heavy atom. The Balaban J connectivity index is 3.46. The number of hydrogen-bond donors (Lipinski definition) is 3. The molecule has 0 aromatic carbocycles. The van der Waals surface area contributed by atoms with Crippen LogP contribution in [0.4, 0.5) is 0 Å².